The van der Waals surface area contributed by atoms with Crippen molar-refractivity contribution in [1.29, 1.82) is 0 Å². The van der Waals surface area contributed by atoms with Crippen molar-refractivity contribution in [2.75, 3.05) is 31.6 Å². The Balaban J connectivity index is 0.00000312. The molecule has 2 unspecified atom stereocenters. The minimum absolute atomic E-state index is 0. The molecule has 0 radical (unpaired) electrons. The highest BCUT2D eigenvalue weighted by molar-refractivity contribution is 14.0. The summed E-state index contributed by atoms with van der Waals surface area (Å²) in [5, 5.41) is 7.00. The van der Waals surface area contributed by atoms with Crippen LogP contribution in [0.1, 0.15) is 32.3 Å². The average Bonchev–Trinajstić information content (AvgIpc) is 2.59. The van der Waals surface area contributed by atoms with Crippen LogP contribution in [0.2, 0.25) is 0 Å². The van der Waals surface area contributed by atoms with E-state index in [1.807, 2.05) is 11.8 Å². The number of thioether (sulfide) groups is 1. The fourth-order valence-corrected chi connectivity index (χ4v) is 3.44. The molecule has 2 atom stereocenters. The maximum atomic E-state index is 4.67. The summed E-state index contributed by atoms with van der Waals surface area (Å²) < 4.78 is 0. The molecule has 1 saturated heterocycles. The second-order valence-corrected chi connectivity index (χ2v) is 7.41. The number of guanidine groups is 1. The molecule has 0 aromatic heterocycles. The Labute approximate surface area is 174 Å². The molecule has 0 bridgehead atoms. The molecule has 2 N–H and O–H groups in total. The van der Waals surface area contributed by atoms with Crippen LogP contribution in [-0.2, 0) is 6.54 Å². The minimum Gasteiger partial charge on any atom is -0.357 e. The largest absolute Gasteiger partial charge is 0.357 e. The Hall–Kier alpha value is -0.470. The Morgan fingerprint density at radius 1 is 1.32 bits per heavy atom. The first-order chi connectivity index (χ1) is 11.7. The number of likely N-dealkylation sites (tertiary alicyclic amines) is 1. The second-order valence-electron chi connectivity index (χ2n) is 6.42. The summed E-state index contributed by atoms with van der Waals surface area (Å²) in [6, 6.07) is 11.9. The highest BCUT2D eigenvalue weighted by atomic mass is 127. The lowest BCUT2D eigenvalue weighted by molar-refractivity contribution is 0.134. The van der Waals surface area contributed by atoms with Crippen molar-refractivity contribution in [3.63, 3.8) is 0 Å². The second kappa shape index (κ2) is 12.8. The van der Waals surface area contributed by atoms with E-state index in [1.54, 1.807) is 0 Å². The van der Waals surface area contributed by atoms with Crippen LogP contribution in [0.5, 0.6) is 0 Å². The number of hydrogen-bond donors (Lipinski definition) is 2. The lowest BCUT2D eigenvalue weighted by atomic mass is 9.97. The molecule has 0 spiro atoms. The standard InChI is InChI=1S/C19H32N4S.HI/c1-4-20-19(21-11-13-24-3)22-18-10-12-23(16(2)14-18)15-17-8-6-5-7-9-17;/h5-9,16,18H,4,10-15H2,1-3H3,(H2,20,21,22);1H. The van der Waals surface area contributed by atoms with Crippen LogP contribution >= 0.6 is 35.7 Å². The Kier molecular flexibility index (Phi) is 11.6. The lowest BCUT2D eigenvalue weighted by Gasteiger charge is -2.38. The minimum atomic E-state index is 0. The number of piperidine rings is 1. The van der Waals surface area contributed by atoms with Crippen LogP contribution in [-0.4, -0.2) is 54.6 Å². The Bertz CT molecular complexity index is 497. The number of halogens is 1. The van der Waals surface area contributed by atoms with Crippen LogP contribution in [0.15, 0.2) is 35.3 Å². The number of nitrogens with zero attached hydrogens (tertiary/aromatic N) is 2. The van der Waals surface area contributed by atoms with E-state index in [-0.39, 0.29) is 24.0 Å². The number of benzene rings is 1. The quantitative estimate of drug-likeness (QED) is 0.273. The number of hydrogen-bond acceptors (Lipinski definition) is 3. The highest BCUT2D eigenvalue weighted by Gasteiger charge is 2.25. The predicted molar refractivity (Wildman–Crippen MR) is 122 cm³/mol. The zero-order valence-corrected chi connectivity index (χ0v) is 18.8. The van der Waals surface area contributed by atoms with E-state index < -0.39 is 0 Å². The zero-order valence-electron chi connectivity index (χ0n) is 15.7. The number of aliphatic imine (C=N–C) groups is 1. The SMILES string of the molecule is CCNC(=NCCSC)NC1CCN(Cc2ccccc2)C(C)C1.I. The van der Waals surface area contributed by atoms with Crippen LogP contribution in [0.3, 0.4) is 0 Å². The molecule has 4 nitrogen and oxygen atoms in total. The van der Waals surface area contributed by atoms with Gasteiger partial charge in [-0.05, 0) is 38.5 Å². The van der Waals surface area contributed by atoms with Crippen LogP contribution in [0, 0.1) is 0 Å². The van der Waals surface area contributed by atoms with Crippen molar-refractivity contribution in [3.05, 3.63) is 35.9 Å². The summed E-state index contributed by atoms with van der Waals surface area (Å²) in [5.41, 5.74) is 1.41. The molecule has 1 aliphatic rings. The Morgan fingerprint density at radius 3 is 2.72 bits per heavy atom. The van der Waals surface area contributed by atoms with Gasteiger partial charge in [0.05, 0.1) is 6.54 Å². The van der Waals surface area contributed by atoms with E-state index in [4.69, 9.17) is 0 Å². The van der Waals surface area contributed by atoms with E-state index in [1.165, 1.54) is 18.4 Å². The monoisotopic (exact) mass is 476 g/mol. The number of nitrogens with one attached hydrogen (secondary N) is 2. The van der Waals surface area contributed by atoms with Gasteiger partial charge in [0.25, 0.3) is 0 Å². The van der Waals surface area contributed by atoms with Crippen LogP contribution in [0.25, 0.3) is 0 Å². The van der Waals surface area contributed by atoms with Gasteiger partial charge in [0, 0.05) is 37.5 Å². The zero-order chi connectivity index (χ0) is 17.2. The van der Waals surface area contributed by atoms with Gasteiger partial charge in [-0.3, -0.25) is 9.89 Å². The first kappa shape index (κ1) is 22.6. The summed E-state index contributed by atoms with van der Waals surface area (Å²) in [6.07, 6.45) is 4.46. The van der Waals surface area contributed by atoms with Gasteiger partial charge in [-0.25, -0.2) is 0 Å². The van der Waals surface area contributed by atoms with E-state index in [0.29, 0.717) is 12.1 Å². The molecular weight excluding hydrogens is 443 g/mol. The third kappa shape index (κ3) is 8.17. The van der Waals surface area contributed by atoms with E-state index in [0.717, 1.165) is 37.9 Å². The summed E-state index contributed by atoms with van der Waals surface area (Å²) >= 11 is 1.84. The third-order valence-electron chi connectivity index (χ3n) is 4.49. The fraction of sp³-hybridized carbons (Fsp3) is 0.632. The smallest absolute Gasteiger partial charge is 0.191 e. The fourth-order valence-electron chi connectivity index (χ4n) is 3.17. The maximum absolute atomic E-state index is 4.67. The molecule has 0 amide bonds. The lowest BCUT2D eigenvalue weighted by Crippen LogP contribution is -2.51. The first-order valence-corrected chi connectivity index (χ1v) is 10.4. The van der Waals surface area contributed by atoms with Crippen molar-refractivity contribution < 1.29 is 0 Å². The van der Waals surface area contributed by atoms with Crippen molar-refractivity contribution in [3.8, 4) is 0 Å². The average molecular weight is 476 g/mol. The summed E-state index contributed by atoms with van der Waals surface area (Å²) in [6.45, 7) is 8.44. The van der Waals surface area contributed by atoms with E-state index >= 15 is 0 Å². The Morgan fingerprint density at radius 2 is 2.08 bits per heavy atom. The summed E-state index contributed by atoms with van der Waals surface area (Å²) in [5.74, 6) is 2.04. The summed E-state index contributed by atoms with van der Waals surface area (Å²) in [7, 11) is 0. The molecule has 6 heteroatoms. The van der Waals surface area contributed by atoms with Gasteiger partial charge < -0.3 is 10.6 Å². The van der Waals surface area contributed by atoms with Crippen molar-refractivity contribution in [2.24, 2.45) is 4.99 Å². The first-order valence-electron chi connectivity index (χ1n) is 9.04. The third-order valence-corrected chi connectivity index (χ3v) is 5.08. The van der Waals surface area contributed by atoms with Crippen LogP contribution in [0.4, 0.5) is 0 Å². The van der Waals surface area contributed by atoms with Crippen molar-refractivity contribution in [2.45, 2.75) is 45.3 Å². The molecular formula is C19H33IN4S. The maximum Gasteiger partial charge on any atom is 0.191 e. The van der Waals surface area contributed by atoms with E-state index in [2.05, 4.69) is 71.0 Å². The normalized spacial score (nSPS) is 21.5. The van der Waals surface area contributed by atoms with Crippen molar-refractivity contribution in [1.82, 2.24) is 15.5 Å². The molecule has 2 rings (SSSR count). The molecule has 25 heavy (non-hydrogen) atoms. The van der Waals surface area contributed by atoms with Gasteiger partial charge in [-0.1, -0.05) is 30.3 Å². The van der Waals surface area contributed by atoms with Gasteiger partial charge in [-0.2, -0.15) is 11.8 Å². The molecule has 1 aliphatic heterocycles. The molecule has 142 valence electrons. The highest BCUT2D eigenvalue weighted by Crippen LogP contribution is 2.19. The molecule has 1 fully saturated rings. The van der Waals surface area contributed by atoms with Gasteiger partial charge in [0.15, 0.2) is 5.96 Å². The van der Waals surface area contributed by atoms with Gasteiger partial charge >= 0.3 is 0 Å². The van der Waals surface area contributed by atoms with Gasteiger partial charge in [0.2, 0.25) is 0 Å². The number of rotatable bonds is 7. The predicted octanol–water partition coefficient (Wildman–Crippen LogP) is 3.58. The topological polar surface area (TPSA) is 39.7 Å². The van der Waals surface area contributed by atoms with Crippen molar-refractivity contribution >= 4 is 41.7 Å². The molecule has 1 aromatic rings. The summed E-state index contributed by atoms with van der Waals surface area (Å²) in [4.78, 5) is 7.26. The van der Waals surface area contributed by atoms with Gasteiger partial charge in [0.1, 0.15) is 0 Å². The van der Waals surface area contributed by atoms with E-state index in [9.17, 15) is 0 Å². The molecule has 0 saturated carbocycles. The molecule has 1 aromatic carbocycles. The van der Waals surface area contributed by atoms with Crippen LogP contribution < -0.4 is 10.6 Å². The molecule has 1 heterocycles. The molecule has 0 aliphatic carbocycles. The van der Waals surface area contributed by atoms with Gasteiger partial charge in [-0.15, -0.1) is 24.0 Å².